The first-order valence-corrected chi connectivity index (χ1v) is 7.53. The van der Waals surface area contributed by atoms with E-state index in [0.717, 1.165) is 22.5 Å². The molecule has 0 bridgehead atoms. The predicted molar refractivity (Wildman–Crippen MR) is 92.7 cm³/mol. The van der Waals surface area contributed by atoms with Gasteiger partial charge in [-0.25, -0.2) is 9.97 Å². The Balaban J connectivity index is 2.17. The van der Waals surface area contributed by atoms with Crippen molar-refractivity contribution >= 4 is 6.21 Å². The fourth-order valence-electron chi connectivity index (χ4n) is 2.56. The lowest BCUT2D eigenvalue weighted by atomic mass is 9.97. The first kappa shape index (κ1) is 15.0. The number of benzene rings is 1. The number of hydrogen-bond acceptors (Lipinski definition) is 4. The van der Waals surface area contributed by atoms with E-state index < -0.39 is 0 Å². The highest BCUT2D eigenvalue weighted by Gasteiger charge is 2.12. The van der Waals surface area contributed by atoms with Crippen LogP contribution in [-0.2, 0) is 6.42 Å². The molecule has 0 aliphatic rings. The van der Waals surface area contributed by atoms with E-state index in [-0.39, 0.29) is 0 Å². The molecule has 0 amide bonds. The molecule has 23 heavy (non-hydrogen) atoms. The summed E-state index contributed by atoms with van der Waals surface area (Å²) >= 11 is 0. The molecule has 4 nitrogen and oxygen atoms in total. The van der Waals surface area contributed by atoms with Gasteiger partial charge in [0, 0.05) is 36.2 Å². The molecule has 3 rings (SSSR count). The topological polar surface area (TPSA) is 62.5 Å². The van der Waals surface area contributed by atoms with Crippen molar-refractivity contribution < 1.29 is 0 Å². The molecule has 0 aliphatic carbocycles. The summed E-state index contributed by atoms with van der Waals surface area (Å²) in [5, 5.41) is 7.23. The van der Waals surface area contributed by atoms with E-state index in [4.69, 9.17) is 5.41 Å². The molecule has 0 spiro atoms. The summed E-state index contributed by atoms with van der Waals surface area (Å²) in [5.41, 5.74) is 6.25. The summed E-state index contributed by atoms with van der Waals surface area (Å²) in [5.74, 6) is 0.647. The van der Waals surface area contributed by atoms with Gasteiger partial charge < -0.3 is 5.41 Å². The van der Waals surface area contributed by atoms with Crippen LogP contribution in [0.3, 0.4) is 0 Å². The fourth-order valence-corrected chi connectivity index (χ4v) is 2.56. The van der Waals surface area contributed by atoms with Crippen molar-refractivity contribution in [2.24, 2.45) is 0 Å². The zero-order valence-electron chi connectivity index (χ0n) is 13.2. The molecule has 0 radical (unpaired) electrons. The standard InChI is InChI=1S/C19H18N4/c1-13-5-6-14(2)16(12-13)19-15(4-3-10-22-19)17-8-11-21-18(23-17)7-9-20/h3-6,8-12,20H,7H2,1-2H3. The Hall–Kier alpha value is -2.88. The summed E-state index contributed by atoms with van der Waals surface area (Å²) in [6, 6.07) is 12.2. The van der Waals surface area contributed by atoms with Crippen LogP contribution in [0.25, 0.3) is 22.5 Å². The van der Waals surface area contributed by atoms with Crippen molar-refractivity contribution in [2.45, 2.75) is 20.3 Å². The third kappa shape index (κ3) is 3.16. The highest BCUT2D eigenvalue weighted by molar-refractivity contribution is 5.80. The molecule has 1 aromatic carbocycles. The number of nitrogens with zero attached hydrogens (tertiary/aromatic N) is 3. The molecule has 0 unspecified atom stereocenters. The number of pyridine rings is 1. The first-order valence-electron chi connectivity index (χ1n) is 7.53. The third-order valence-electron chi connectivity index (χ3n) is 3.72. The van der Waals surface area contributed by atoms with Gasteiger partial charge in [-0.15, -0.1) is 0 Å². The fraction of sp³-hybridized carbons (Fsp3) is 0.158. The molecule has 0 saturated carbocycles. The van der Waals surface area contributed by atoms with Crippen LogP contribution in [0, 0.1) is 19.3 Å². The van der Waals surface area contributed by atoms with E-state index in [2.05, 4.69) is 47.0 Å². The molecule has 4 heteroatoms. The van der Waals surface area contributed by atoms with Crippen LogP contribution in [0.5, 0.6) is 0 Å². The van der Waals surface area contributed by atoms with Crippen molar-refractivity contribution in [1.29, 1.82) is 5.41 Å². The average Bonchev–Trinajstić information content (AvgIpc) is 2.58. The molecule has 3 aromatic rings. The van der Waals surface area contributed by atoms with Crippen LogP contribution >= 0.6 is 0 Å². The molecular formula is C19H18N4. The zero-order valence-corrected chi connectivity index (χ0v) is 13.2. The highest BCUT2D eigenvalue weighted by atomic mass is 14.9. The lowest BCUT2D eigenvalue weighted by Gasteiger charge is -2.12. The van der Waals surface area contributed by atoms with Gasteiger partial charge >= 0.3 is 0 Å². The van der Waals surface area contributed by atoms with Gasteiger partial charge in [-0.3, -0.25) is 4.98 Å². The minimum atomic E-state index is 0.437. The second kappa shape index (κ2) is 6.48. The quantitative estimate of drug-likeness (QED) is 0.740. The van der Waals surface area contributed by atoms with Crippen molar-refractivity contribution in [3.63, 3.8) is 0 Å². The zero-order chi connectivity index (χ0) is 16.2. The Labute approximate surface area is 135 Å². The molecule has 2 aromatic heterocycles. The highest BCUT2D eigenvalue weighted by Crippen LogP contribution is 2.31. The van der Waals surface area contributed by atoms with Crippen molar-refractivity contribution in [2.75, 3.05) is 0 Å². The summed E-state index contributed by atoms with van der Waals surface area (Å²) in [6.45, 7) is 4.17. The van der Waals surface area contributed by atoms with Gasteiger partial charge in [0.1, 0.15) is 5.82 Å². The maximum absolute atomic E-state index is 7.23. The molecule has 2 heterocycles. The minimum absolute atomic E-state index is 0.437. The van der Waals surface area contributed by atoms with Gasteiger partial charge in [0.25, 0.3) is 0 Å². The SMILES string of the molecule is Cc1ccc(C)c(-c2ncccc2-c2ccnc(CC=N)n2)c1. The molecule has 0 atom stereocenters. The lowest BCUT2D eigenvalue weighted by molar-refractivity contribution is 1.02. The summed E-state index contributed by atoms with van der Waals surface area (Å²) in [4.78, 5) is 13.4. The Morgan fingerprint density at radius 2 is 1.87 bits per heavy atom. The minimum Gasteiger partial charge on any atom is -0.313 e. The van der Waals surface area contributed by atoms with Crippen molar-refractivity contribution in [3.8, 4) is 22.5 Å². The molecular weight excluding hydrogens is 284 g/mol. The average molecular weight is 302 g/mol. The molecule has 1 N–H and O–H groups in total. The summed E-state index contributed by atoms with van der Waals surface area (Å²) in [7, 11) is 0. The number of aromatic nitrogens is 3. The second-order valence-electron chi connectivity index (χ2n) is 5.48. The van der Waals surface area contributed by atoms with Gasteiger partial charge in [-0.05, 0) is 43.7 Å². The lowest BCUT2D eigenvalue weighted by Crippen LogP contribution is -1.99. The van der Waals surface area contributed by atoms with Gasteiger partial charge in [0.05, 0.1) is 11.4 Å². The van der Waals surface area contributed by atoms with Gasteiger partial charge in [-0.2, -0.15) is 0 Å². The van der Waals surface area contributed by atoms with E-state index in [1.807, 2.05) is 18.2 Å². The number of nitrogens with one attached hydrogen (secondary N) is 1. The monoisotopic (exact) mass is 302 g/mol. The second-order valence-corrected chi connectivity index (χ2v) is 5.48. The van der Waals surface area contributed by atoms with Gasteiger partial charge in [0.15, 0.2) is 0 Å². The smallest absolute Gasteiger partial charge is 0.134 e. The Kier molecular flexibility index (Phi) is 4.24. The maximum atomic E-state index is 7.23. The Morgan fingerprint density at radius 1 is 1.00 bits per heavy atom. The normalized spacial score (nSPS) is 10.5. The van der Waals surface area contributed by atoms with E-state index in [1.165, 1.54) is 17.3 Å². The van der Waals surface area contributed by atoms with Crippen LogP contribution in [-0.4, -0.2) is 21.2 Å². The van der Waals surface area contributed by atoms with Gasteiger partial charge in [0.2, 0.25) is 0 Å². The first-order chi connectivity index (χ1) is 11.2. The van der Waals surface area contributed by atoms with Crippen molar-refractivity contribution in [3.05, 3.63) is 65.7 Å². The summed E-state index contributed by atoms with van der Waals surface area (Å²) in [6.07, 6.45) is 5.29. The molecule has 114 valence electrons. The molecule has 0 fully saturated rings. The summed E-state index contributed by atoms with van der Waals surface area (Å²) < 4.78 is 0. The number of aryl methyl sites for hydroxylation is 2. The molecule has 0 saturated heterocycles. The van der Waals surface area contributed by atoms with E-state index >= 15 is 0 Å². The van der Waals surface area contributed by atoms with E-state index in [9.17, 15) is 0 Å². The van der Waals surface area contributed by atoms with Crippen LogP contribution < -0.4 is 0 Å². The Bertz CT molecular complexity index is 855. The number of rotatable bonds is 4. The van der Waals surface area contributed by atoms with Gasteiger partial charge in [-0.1, -0.05) is 17.7 Å². The van der Waals surface area contributed by atoms with Crippen LogP contribution in [0.1, 0.15) is 17.0 Å². The number of hydrogen-bond donors (Lipinski definition) is 1. The maximum Gasteiger partial charge on any atom is 0.134 e. The van der Waals surface area contributed by atoms with E-state index in [1.54, 1.807) is 12.4 Å². The van der Waals surface area contributed by atoms with E-state index in [0.29, 0.717) is 12.2 Å². The van der Waals surface area contributed by atoms with Crippen LogP contribution in [0.2, 0.25) is 0 Å². The largest absolute Gasteiger partial charge is 0.313 e. The third-order valence-corrected chi connectivity index (χ3v) is 3.72. The van der Waals surface area contributed by atoms with Crippen LogP contribution in [0.15, 0.2) is 48.8 Å². The Morgan fingerprint density at radius 3 is 2.70 bits per heavy atom. The predicted octanol–water partition coefficient (Wildman–Crippen LogP) is 4.01. The molecule has 0 aliphatic heterocycles. The van der Waals surface area contributed by atoms with Crippen molar-refractivity contribution in [1.82, 2.24) is 15.0 Å². The van der Waals surface area contributed by atoms with Crippen LogP contribution in [0.4, 0.5) is 0 Å².